The fourth-order valence-electron chi connectivity index (χ4n) is 2.32. The average Bonchev–Trinajstić information content (AvgIpc) is 3.12. The molecule has 1 amide bonds. The Morgan fingerprint density at radius 3 is 2.77 bits per heavy atom. The largest absolute Gasteiger partial charge is 0.379 e. The van der Waals surface area contributed by atoms with Gasteiger partial charge in [0.05, 0.1) is 25.8 Å². The van der Waals surface area contributed by atoms with E-state index in [1.807, 2.05) is 0 Å². The first-order valence-corrected chi connectivity index (χ1v) is 9.13. The van der Waals surface area contributed by atoms with Crippen molar-refractivity contribution in [1.82, 2.24) is 29.1 Å². The maximum atomic E-state index is 12.5. The van der Waals surface area contributed by atoms with Gasteiger partial charge in [-0.15, -0.1) is 0 Å². The quantitative estimate of drug-likeness (QED) is 0.585. The predicted molar refractivity (Wildman–Crippen MR) is 86.3 cm³/mol. The van der Waals surface area contributed by atoms with Gasteiger partial charge in [0, 0.05) is 25.5 Å². The number of aromatic nitrogens is 4. The Morgan fingerprint density at radius 2 is 2.12 bits per heavy atom. The number of morpholine rings is 1. The van der Waals surface area contributed by atoms with Crippen LogP contribution in [0.4, 0.5) is 0 Å². The van der Waals surface area contributed by atoms with E-state index in [0.717, 1.165) is 0 Å². The van der Waals surface area contributed by atoms with Crippen LogP contribution in [0.1, 0.15) is 18.4 Å². The molecule has 3 heterocycles. The van der Waals surface area contributed by atoms with Crippen molar-refractivity contribution in [2.24, 2.45) is 5.73 Å². The van der Waals surface area contributed by atoms with Crippen molar-refractivity contribution >= 4 is 16.1 Å². The van der Waals surface area contributed by atoms with E-state index < -0.39 is 22.2 Å². The first kappa shape index (κ1) is 18.3. The van der Waals surface area contributed by atoms with E-state index in [0.29, 0.717) is 18.9 Å². The van der Waals surface area contributed by atoms with Gasteiger partial charge in [0.1, 0.15) is 11.7 Å². The van der Waals surface area contributed by atoms with Crippen LogP contribution in [0.5, 0.6) is 0 Å². The van der Waals surface area contributed by atoms with Crippen molar-refractivity contribution < 1.29 is 22.5 Å². The number of hydrogen-bond donors (Lipinski definition) is 2. The smallest absolute Gasteiger partial charge is 0.280 e. The lowest BCUT2D eigenvalue weighted by molar-refractivity contribution is -0.118. The van der Waals surface area contributed by atoms with E-state index in [1.54, 1.807) is 0 Å². The van der Waals surface area contributed by atoms with Gasteiger partial charge in [-0.3, -0.25) is 9.78 Å². The minimum atomic E-state index is -3.89. The molecule has 1 atom stereocenters. The molecule has 1 aliphatic heterocycles. The first-order valence-electron chi connectivity index (χ1n) is 7.69. The lowest BCUT2D eigenvalue weighted by Gasteiger charge is -2.27. The first-order chi connectivity index (χ1) is 12.5. The summed E-state index contributed by atoms with van der Waals surface area (Å²) in [6.07, 6.45) is 4.02. The number of carbonyl (C=O) groups is 1. The number of hydrogen-bond acceptors (Lipinski definition) is 9. The van der Waals surface area contributed by atoms with E-state index in [1.165, 1.54) is 22.9 Å². The molecule has 3 rings (SSSR count). The predicted octanol–water partition coefficient (Wildman–Crippen LogP) is -1.39. The van der Waals surface area contributed by atoms with Crippen LogP contribution < -0.4 is 10.5 Å². The second-order valence-corrected chi connectivity index (χ2v) is 7.11. The fourth-order valence-corrected chi connectivity index (χ4v) is 3.64. The van der Waals surface area contributed by atoms with Gasteiger partial charge in [-0.25, -0.2) is 4.98 Å². The van der Waals surface area contributed by atoms with Crippen LogP contribution in [0.2, 0.25) is 0 Å². The summed E-state index contributed by atoms with van der Waals surface area (Å²) in [6, 6.07) is -1.10. The number of amides is 1. The van der Waals surface area contributed by atoms with E-state index in [9.17, 15) is 13.2 Å². The third kappa shape index (κ3) is 4.37. The van der Waals surface area contributed by atoms with Crippen molar-refractivity contribution in [3.05, 3.63) is 24.5 Å². The zero-order valence-corrected chi connectivity index (χ0v) is 14.4. The Morgan fingerprint density at radius 1 is 1.35 bits per heavy atom. The molecule has 0 aliphatic carbocycles. The summed E-state index contributed by atoms with van der Waals surface area (Å²) >= 11 is 0. The van der Waals surface area contributed by atoms with Crippen LogP contribution in [0, 0.1) is 0 Å². The van der Waals surface area contributed by atoms with Gasteiger partial charge in [0.25, 0.3) is 10.2 Å². The summed E-state index contributed by atoms with van der Waals surface area (Å²) in [5.41, 5.74) is 5.57. The summed E-state index contributed by atoms with van der Waals surface area (Å²) in [6.45, 7) is 0.984. The Kier molecular flexibility index (Phi) is 5.51. The van der Waals surface area contributed by atoms with Gasteiger partial charge in [0.2, 0.25) is 17.6 Å². The molecule has 1 saturated heterocycles. The molecule has 0 bridgehead atoms. The van der Waals surface area contributed by atoms with Gasteiger partial charge < -0.3 is 15.0 Å². The third-order valence-corrected chi connectivity index (χ3v) is 5.17. The van der Waals surface area contributed by atoms with Crippen LogP contribution in [0.25, 0.3) is 11.5 Å². The van der Waals surface area contributed by atoms with Crippen LogP contribution in [-0.4, -0.2) is 65.0 Å². The minimum absolute atomic E-state index is 0.0960. The molecule has 26 heavy (non-hydrogen) atoms. The molecule has 13 heteroatoms. The van der Waals surface area contributed by atoms with Gasteiger partial charge in [-0.05, 0) is 0 Å². The van der Waals surface area contributed by atoms with Crippen molar-refractivity contribution in [3.8, 4) is 11.5 Å². The zero-order chi connectivity index (χ0) is 18.6. The SMILES string of the molecule is NC(=O)C[C@H](NS(=O)(=O)N1CCOCC1)c1nc(-c2cnccn2)no1. The Labute approximate surface area is 148 Å². The normalized spacial score (nSPS) is 17.1. The number of rotatable bonds is 7. The fraction of sp³-hybridized carbons (Fsp3) is 0.462. The molecule has 1 aliphatic rings. The molecule has 0 radical (unpaired) electrons. The van der Waals surface area contributed by atoms with Crippen LogP contribution >= 0.6 is 0 Å². The lowest BCUT2D eigenvalue weighted by atomic mass is 10.2. The van der Waals surface area contributed by atoms with E-state index in [2.05, 4.69) is 24.8 Å². The summed E-state index contributed by atoms with van der Waals surface area (Å²) in [7, 11) is -3.89. The number of primary amides is 1. The summed E-state index contributed by atoms with van der Waals surface area (Å²) in [5.74, 6) is -0.701. The van der Waals surface area contributed by atoms with Crippen molar-refractivity contribution in [1.29, 1.82) is 0 Å². The Hall–Kier alpha value is -2.48. The van der Waals surface area contributed by atoms with Crippen LogP contribution in [0.15, 0.2) is 23.1 Å². The van der Waals surface area contributed by atoms with Crippen molar-refractivity contribution in [2.75, 3.05) is 26.3 Å². The number of nitrogens with one attached hydrogen (secondary N) is 1. The van der Waals surface area contributed by atoms with Crippen LogP contribution in [-0.2, 0) is 19.7 Å². The topological polar surface area (TPSA) is 166 Å². The lowest BCUT2D eigenvalue weighted by Crippen LogP contribution is -2.48. The van der Waals surface area contributed by atoms with Gasteiger partial charge in [-0.1, -0.05) is 5.16 Å². The van der Waals surface area contributed by atoms with E-state index in [4.69, 9.17) is 15.0 Å². The monoisotopic (exact) mass is 383 g/mol. The second-order valence-electron chi connectivity index (χ2n) is 5.40. The number of nitrogens with two attached hydrogens (primary N) is 1. The third-order valence-electron chi connectivity index (χ3n) is 3.54. The molecule has 2 aromatic heterocycles. The Bertz CT molecular complexity index is 851. The summed E-state index contributed by atoms with van der Waals surface area (Å²) < 4.78 is 38.9. The molecule has 3 N–H and O–H groups in total. The standard InChI is InChI=1S/C13H17N7O5S/c14-11(21)7-9(19-26(22,23)20-3-5-24-6-4-20)13-17-12(18-25-13)10-8-15-1-2-16-10/h1-2,8-9,19H,3-7H2,(H2,14,21)/t9-/m0/s1. The Balaban J connectivity index is 1.82. The molecule has 1 fully saturated rings. The van der Waals surface area contributed by atoms with E-state index in [-0.39, 0.29) is 31.2 Å². The van der Waals surface area contributed by atoms with Gasteiger partial charge in [0.15, 0.2) is 0 Å². The average molecular weight is 383 g/mol. The molecule has 12 nitrogen and oxygen atoms in total. The molecular formula is C13H17N7O5S. The highest BCUT2D eigenvalue weighted by Gasteiger charge is 2.31. The summed E-state index contributed by atoms with van der Waals surface area (Å²) in [4.78, 5) is 23.4. The van der Waals surface area contributed by atoms with Crippen LogP contribution in [0.3, 0.4) is 0 Å². The number of ether oxygens (including phenoxy) is 1. The molecule has 2 aromatic rings. The molecule has 0 saturated carbocycles. The molecular weight excluding hydrogens is 366 g/mol. The highest BCUT2D eigenvalue weighted by molar-refractivity contribution is 7.87. The maximum Gasteiger partial charge on any atom is 0.280 e. The van der Waals surface area contributed by atoms with Gasteiger partial charge >= 0.3 is 0 Å². The minimum Gasteiger partial charge on any atom is -0.379 e. The van der Waals surface area contributed by atoms with E-state index >= 15 is 0 Å². The second kappa shape index (κ2) is 7.82. The zero-order valence-electron chi connectivity index (χ0n) is 13.6. The van der Waals surface area contributed by atoms with Gasteiger partial charge in [-0.2, -0.15) is 22.4 Å². The number of carbonyl (C=O) groups excluding carboxylic acids is 1. The van der Waals surface area contributed by atoms with Crippen molar-refractivity contribution in [3.63, 3.8) is 0 Å². The molecule has 140 valence electrons. The molecule has 0 unspecified atom stereocenters. The molecule has 0 spiro atoms. The van der Waals surface area contributed by atoms with Crippen molar-refractivity contribution in [2.45, 2.75) is 12.5 Å². The maximum absolute atomic E-state index is 12.5. The molecule has 0 aromatic carbocycles. The summed E-state index contributed by atoms with van der Waals surface area (Å²) in [5, 5.41) is 3.75. The highest BCUT2D eigenvalue weighted by atomic mass is 32.2. The highest BCUT2D eigenvalue weighted by Crippen LogP contribution is 2.20. The number of nitrogens with zero attached hydrogens (tertiary/aromatic N) is 5.